The number of hydrogen-bond donors (Lipinski definition) is 1. The van der Waals surface area contributed by atoms with Crippen LogP contribution in [0.2, 0.25) is 10.0 Å². The van der Waals surface area contributed by atoms with Gasteiger partial charge in [-0.05, 0) is 66.9 Å². The number of halogens is 2. The maximum atomic E-state index is 13.4. The van der Waals surface area contributed by atoms with Crippen molar-refractivity contribution in [3.8, 4) is 5.75 Å². The number of anilines is 1. The van der Waals surface area contributed by atoms with E-state index in [1.54, 1.807) is 41.0 Å². The van der Waals surface area contributed by atoms with E-state index in [1.165, 1.54) is 18.2 Å². The zero-order valence-electron chi connectivity index (χ0n) is 18.2. The third-order valence-corrected chi connectivity index (χ3v) is 7.97. The molecule has 0 saturated carbocycles. The Morgan fingerprint density at radius 2 is 1.91 bits per heavy atom. The monoisotopic (exact) mass is 519 g/mol. The van der Waals surface area contributed by atoms with Crippen LogP contribution in [0, 0.1) is 0 Å². The molecule has 1 N–H and O–H groups in total. The van der Waals surface area contributed by atoms with E-state index < -0.39 is 15.9 Å². The molecule has 1 saturated heterocycles. The van der Waals surface area contributed by atoms with Crippen molar-refractivity contribution in [2.24, 2.45) is 0 Å². The molecule has 2 heterocycles. The van der Waals surface area contributed by atoms with Crippen molar-refractivity contribution in [1.29, 1.82) is 0 Å². The topological polar surface area (TPSA) is 88.6 Å². The Kier molecular flexibility index (Phi) is 7.73. The van der Waals surface area contributed by atoms with Crippen LogP contribution in [0.1, 0.15) is 30.9 Å². The van der Waals surface area contributed by atoms with E-state index in [-0.39, 0.29) is 17.5 Å². The lowest BCUT2D eigenvalue weighted by molar-refractivity contribution is -0.118. The van der Waals surface area contributed by atoms with Gasteiger partial charge in [0.05, 0.1) is 16.0 Å². The van der Waals surface area contributed by atoms with Crippen LogP contribution >= 0.6 is 23.2 Å². The Hall–Kier alpha value is -2.65. The number of nitrogens with zero attached hydrogens (tertiary/aromatic N) is 2. The van der Waals surface area contributed by atoms with E-state index in [1.807, 2.05) is 12.1 Å². The highest BCUT2D eigenvalue weighted by Crippen LogP contribution is 2.35. The predicted molar refractivity (Wildman–Crippen MR) is 132 cm³/mol. The zero-order chi connectivity index (χ0) is 24.1. The maximum Gasteiger partial charge on any atom is 0.262 e. The number of sulfonamides is 1. The molecule has 1 fully saturated rings. The molecule has 1 aromatic heterocycles. The van der Waals surface area contributed by atoms with Crippen molar-refractivity contribution in [1.82, 2.24) is 9.29 Å². The van der Waals surface area contributed by atoms with Crippen LogP contribution in [0.4, 0.5) is 5.69 Å². The van der Waals surface area contributed by atoms with Gasteiger partial charge in [0.2, 0.25) is 10.0 Å². The maximum absolute atomic E-state index is 13.4. The number of amides is 1. The molecule has 10 heteroatoms. The van der Waals surface area contributed by atoms with Gasteiger partial charge in [0.25, 0.3) is 5.91 Å². The molecular formula is C24H23Cl2N3O4S. The summed E-state index contributed by atoms with van der Waals surface area (Å²) in [6.45, 7) is 0.187. The molecule has 1 amide bonds. The second-order valence-corrected chi connectivity index (χ2v) is 10.6. The predicted octanol–water partition coefficient (Wildman–Crippen LogP) is 5.32. The van der Waals surface area contributed by atoms with Crippen LogP contribution in [0.3, 0.4) is 0 Å². The first-order chi connectivity index (χ1) is 16.3. The standard InChI is InChI=1S/C24H23Cl2N3O4S/c25-18-6-11-23(21(26)14-18)33-16-24(30)28-19-7-9-20(10-8-19)34(31,32)29-13-2-1-5-22(29)17-4-3-12-27-15-17/h3-4,6-12,14-15,22H,1-2,5,13,16H2,(H,28,30). The van der Waals surface area contributed by atoms with Crippen LogP contribution in [0.25, 0.3) is 0 Å². The highest BCUT2D eigenvalue weighted by atomic mass is 35.5. The average Bonchev–Trinajstić information content (AvgIpc) is 2.84. The van der Waals surface area contributed by atoms with Crippen molar-refractivity contribution in [2.45, 2.75) is 30.2 Å². The Bertz CT molecular complexity index is 1250. The molecule has 1 aliphatic heterocycles. The minimum atomic E-state index is -3.72. The molecule has 3 aromatic rings. The van der Waals surface area contributed by atoms with Gasteiger partial charge in [0, 0.05) is 29.6 Å². The summed E-state index contributed by atoms with van der Waals surface area (Å²) in [6.07, 6.45) is 5.90. The first-order valence-corrected chi connectivity index (χ1v) is 12.9. The van der Waals surface area contributed by atoms with E-state index >= 15 is 0 Å². The summed E-state index contributed by atoms with van der Waals surface area (Å²) in [5.41, 5.74) is 1.34. The molecule has 1 aliphatic rings. The lowest BCUT2D eigenvalue weighted by Gasteiger charge is -2.34. The van der Waals surface area contributed by atoms with Gasteiger partial charge in [0.1, 0.15) is 5.75 Å². The minimum Gasteiger partial charge on any atom is -0.482 e. The van der Waals surface area contributed by atoms with Crippen molar-refractivity contribution >= 4 is 44.8 Å². The summed E-state index contributed by atoms with van der Waals surface area (Å²) in [7, 11) is -3.72. The van der Waals surface area contributed by atoms with Gasteiger partial charge in [-0.15, -0.1) is 0 Å². The summed E-state index contributed by atoms with van der Waals surface area (Å²) in [5.74, 6) is -0.0679. The number of aromatic nitrogens is 1. The number of pyridine rings is 1. The Labute approximate surface area is 208 Å². The lowest BCUT2D eigenvalue weighted by Crippen LogP contribution is -2.38. The van der Waals surface area contributed by atoms with E-state index in [0.717, 1.165) is 24.8 Å². The fourth-order valence-corrected chi connectivity index (χ4v) is 6.02. The average molecular weight is 520 g/mol. The summed E-state index contributed by atoms with van der Waals surface area (Å²) < 4.78 is 33.8. The summed E-state index contributed by atoms with van der Waals surface area (Å²) >= 11 is 11.9. The first kappa shape index (κ1) is 24.5. The van der Waals surface area contributed by atoms with Crippen LogP contribution < -0.4 is 10.1 Å². The molecule has 4 rings (SSSR count). The number of benzene rings is 2. The molecule has 1 unspecified atom stereocenters. The lowest BCUT2D eigenvalue weighted by atomic mass is 9.99. The third kappa shape index (κ3) is 5.70. The van der Waals surface area contributed by atoms with Gasteiger partial charge in [0.15, 0.2) is 6.61 Å². The SMILES string of the molecule is O=C(COc1ccc(Cl)cc1Cl)Nc1ccc(S(=O)(=O)N2CCCCC2c2cccnc2)cc1. The second kappa shape index (κ2) is 10.7. The van der Waals surface area contributed by atoms with E-state index in [9.17, 15) is 13.2 Å². The summed E-state index contributed by atoms with van der Waals surface area (Å²) in [4.78, 5) is 16.6. The zero-order valence-corrected chi connectivity index (χ0v) is 20.5. The molecule has 0 spiro atoms. The Balaban J connectivity index is 1.42. The molecule has 1 atom stereocenters. The smallest absolute Gasteiger partial charge is 0.262 e. The van der Waals surface area contributed by atoms with Crippen LogP contribution in [-0.4, -0.2) is 36.8 Å². The van der Waals surface area contributed by atoms with Crippen molar-refractivity contribution in [2.75, 3.05) is 18.5 Å². The fourth-order valence-electron chi connectivity index (χ4n) is 3.88. The van der Waals surface area contributed by atoms with Gasteiger partial charge in [-0.1, -0.05) is 35.7 Å². The number of carbonyl (C=O) groups excluding carboxylic acids is 1. The number of hydrogen-bond acceptors (Lipinski definition) is 5. The van der Waals surface area contributed by atoms with Gasteiger partial charge >= 0.3 is 0 Å². The van der Waals surface area contributed by atoms with Gasteiger partial charge in [-0.25, -0.2) is 8.42 Å². The highest BCUT2D eigenvalue weighted by molar-refractivity contribution is 7.89. The number of nitrogens with one attached hydrogen (secondary N) is 1. The first-order valence-electron chi connectivity index (χ1n) is 10.7. The van der Waals surface area contributed by atoms with E-state index in [0.29, 0.717) is 28.0 Å². The summed E-state index contributed by atoms with van der Waals surface area (Å²) in [6, 6.07) is 14.3. The van der Waals surface area contributed by atoms with Crippen molar-refractivity contribution in [3.63, 3.8) is 0 Å². The molecule has 178 valence electrons. The quantitative estimate of drug-likeness (QED) is 0.456. The number of rotatable bonds is 7. The molecule has 34 heavy (non-hydrogen) atoms. The van der Waals surface area contributed by atoms with E-state index in [4.69, 9.17) is 27.9 Å². The minimum absolute atomic E-state index is 0.172. The van der Waals surface area contributed by atoms with Gasteiger partial charge in [-0.2, -0.15) is 4.31 Å². The second-order valence-electron chi connectivity index (χ2n) is 7.85. The largest absolute Gasteiger partial charge is 0.482 e. The van der Waals surface area contributed by atoms with Gasteiger partial charge < -0.3 is 10.1 Å². The van der Waals surface area contributed by atoms with E-state index in [2.05, 4.69) is 10.3 Å². The number of piperidine rings is 1. The number of carbonyl (C=O) groups is 1. The van der Waals surface area contributed by atoms with Crippen LogP contribution in [0.5, 0.6) is 5.75 Å². The highest BCUT2D eigenvalue weighted by Gasteiger charge is 2.34. The molecule has 0 aliphatic carbocycles. The fraction of sp³-hybridized carbons (Fsp3) is 0.250. The normalized spacial score (nSPS) is 16.7. The van der Waals surface area contributed by atoms with Crippen LogP contribution in [-0.2, 0) is 14.8 Å². The molecule has 0 radical (unpaired) electrons. The van der Waals surface area contributed by atoms with Crippen LogP contribution in [0.15, 0.2) is 71.9 Å². The Morgan fingerprint density at radius 3 is 2.62 bits per heavy atom. The van der Waals surface area contributed by atoms with Gasteiger partial charge in [-0.3, -0.25) is 9.78 Å². The van der Waals surface area contributed by atoms with Crippen molar-refractivity contribution < 1.29 is 17.9 Å². The Morgan fingerprint density at radius 1 is 1.12 bits per heavy atom. The summed E-state index contributed by atoms with van der Waals surface area (Å²) in [5, 5.41) is 3.45. The van der Waals surface area contributed by atoms with Crippen molar-refractivity contribution in [3.05, 3.63) is 82.6 Å². The molecule has 7 nitrogen and oxygen atoms in total. The molecule has 2 aromatic carbocycles. The number of ether oxygens (including phenoxy) is 1. The molecular weight excluding hydrogens is 497 g/mol. The third-order valence-electron chi connectivity index (χ3n) is 5.52. The molecule has 0 bridgehead atoms.